The van der Waals surface area contributed by atoms with Crippen LogP contribution in [0.25, 0.3) is 0 Å². The molecule has 90 valence electrons. The van der Waals surface area contributed by atoms with Gasteiger partial charge in [-0.25, -0.2) is 0 Å². The molecule has 1 aromatic carbocycles. The van der Waals surface area contributed by atoms with Crippen molar-refractivity contribution in [3.05, 3.63) is 30.3 Å². The second kappa shape index (κ2) is 7.26. The van der Waals surface area contributed by atoms with Crippen LogP contribution in [-0.2, 0) is 13.6 Å². The second-order valence-electron chi connectivity index (χ2n) is 3.03. The topological polar surface area (TPSA) is 35.5 Å². The Balaban J connectivity index is 2.53. The van der Waals surface area contributed by atoms with Crippen LogP contribution in [0.4, 0.5) is 0 Å². The molecule has 3 nitrogen and oxygen atoms in total. The summed E-state index contributed by atoms with van der Waals surface area (Å²) in [6, 6.07) is 10.0. The summed E-state index contributed by atoms with van der Waals surface area (Å²) in [5, 5.41) is 0.506. The molecule has 0 saturated heterocycles. The van der Waals surface area contributed by atoms with Crippen LogP contribution in [0.3, 0.4) is 0 Å². The monoisotopic (exact) mass is 308 g/mol. The first kappa shape index (κ1) is 14.0. The summed E-state index contributed by atoms with van der Waals surface area (Å²) in [6.07, 6.45) is 0. The second-order valence-corrected chi connectivity index (χ2v) is 8.25. The van der Waals surface area contributed by atoms with E-state index in [1.807, 2.05) is 44.2 Å². The molecule has 0 aliphatic heterocycles. The van der Waals surface area contributed by atoms with E-state index >= 15 is 0 Å². The molecule has 0 N–H and O–H groups in total. The van der Waals surface area contributed by atoms with Crippen molar-refractivity contribution in [1.29, 1.82) is 0 Å². The van der Waals surface area contributed by atoms with Crippen LogP contribution in [-0.4, -0.2) is 33.2 Å². The van der Waals surface area contributed by atoms with E-state index in [1.54, 1.807) is 0 Å². The average molecular weight is 307 g/mol. The number of hydrogen-bond acceptors (Lipinski definition) is 3. The Hall–Kier alpha value is -0.111. The molecular formula is C11H17O3PSe. The van der Waals surface area contributed by atoms with Crippen molar-refractivity contribution >= 4 is 27.0 Å². The van der Waals surface area contributed by atoms with Gasteiger partial charge in [0.1, 0.15) is 0 Å². The van der Waals surface area contributed by atoms with E-state index < -0.39 is 7.60 Å². The first-order valence-corrected chi connectivity index (χ1v) is 9.05. The third kappa shape index (κ3) is 4.82. The van der Waals surface area contributed by atoms with Crippen molar-refractivity contribution in [3.63, 3.8) is 0 Å². The van der Waals surface area contributed by atoms with Gasteiger partial charge < -0.3 is 0 Å². The molecule has 0 radical (unpaired) electrons. The minimum atomic E-state index is -2.86. The summed E-state index contributed by atoms with van der Waals surface area (Å²) in [5.74, 6) is 0. The average Bonchev–Trinajstić information content (AvgIpc) is 2.29. The molecule has 0 spiro atoms. The summed E-state index contributed by atoms with van der Waals surface area (Å²) in [7, 11) is -2.86. The minimum absolute atomic E-state index is 0.140. The SMILES string of the molecule is CCOP(=O)(C[Se]c1ccccc1)OCC. The molecule has 0 saturated carbocycles. The maximum atomic E-state index is 12.2. The summed E-state index contributed by atoms with van der Waals surface area (Å²) < 4.78 is 23.9. The Kier molecular flexibility index (Phi) is 6.33. The number of benzene rings is 1. The van der Waals surface area contributed by atoms with Gasteiger partial charge in [0.25, 0.3) is 0 Å². The van der Waals surface area contributed by atoms with Gasteiger partial charge in [0, 0.05) is 0 Å². The van der Waals surface area contributed by atoms with Crippen LogP contribution < -0.4 is 4.46 Å². The summed E-state index contributed by atoms with van der Waals surface area (Å²) in [5.41, 5.74) is 0. The predicted octanol–water partition coefficient (Wildman–Crippen LogP) is 2.24. The van der Waals surface area contributed by atoms with Crippen LogP contribution in [0.5, 0.6) is 0 Å². The first-order chi connectivity index (χ1) is 7.70. The van der Waals surface area contributed by atoms with Gasteiger partial charge in [-0.05, 0) is 0 Å². The molecule has 5 heteroatoms. The normalized spacial score (nSPS) is 11.6. The number of rotatable bonds is 7. The third-order valence-electron chi connectivity index (χ3n) is 1.78. The van der Waals surface area contributed by atoms with Gasteiger partial charge in [-0.2, -0.15) is 0 Å². The van der Waals surface area contributed by atoms with E-state index in [4.69, 9.17) is 9.05 Å². The van der Waals surface area contributed by atoms with Crippen molar-refractivity contribution in [2.24, 2.45) is 0 Å². The standard InChI is InChI=1S/C11H17O3PSe/c1-3-13-15(12,14-4-2)10-16-11-8-6-5-7-9-11/h5-9H,3-4,10H2,1-2H3. The molecule has 0 unspecified atom stereocenters. The van der Waals surface area contributed by atoms with Gasteiger partial charge in [-0.15, -0.1) is 0 Å². The van der Waals surface area contributed by atoms with E-state index in [1.165, 1.54) is 4.46 Å². The van der Waals surface area contributed by atoms with Crippen LogP contribution in [0.15, 0.2) is 30.3 Å². The fourth-order valence-corrected chi connectivity index (χ4v) is 6.10. The van der Waals surface area contributed by atoms with Crippen LogP contribution >= 0.6 is 7.60 Å². The third-order valence-corrected chi connectivity index (χ3v) is 7.61. The fourth-order valence-electron chi connectivity index (χ4n) is 1.18. The van der Waals surface area contributed by atoms with Gasteiger partial charge >= 0.3 is 103 Å². The van der Waals surface area contributed by atoms with Gasteiger partial charge in [0.15, 0.2) is 0 Å². The maximum absolute atomic E-state index is 12.2. The molecule has 0 aliphatic rings. The molecule has 1 rings (SSSR count). The quantitative estimate of drug-likeness (QED) is 0.572. The van der Waals surface area contributed by atoms with Crippen LogP contribution in [0.1, 0.15) is 13.8 Å². The van der Waals surface area contributed by atoms with Crippen molar-refractivity contribution < 1.29 is 13.6 Å². The van der Waals surface area contributed by atoms with Crippen LogP contribution in [0, 0.1) is 0 Å². The van der Waals surface area contributed by atoms with E-state index in [9.17, 15) is 4.57 Å². The molecule has 0 aliphatic carbocycles. The van der Waals surface area contributed by atoms with E-state index in [-0.39, 0.29) is 15.0 Å². The van der Waals surface area contributed by atoms with Gasteiger partial charge in [-0.3, -0.25) is 0 Å². The Morgan fingerprint density at radius 2 is 1.69 bits per heavy atom. The Morgan fingerprint density at radius 1 is 1.12 bits per heavy atom. The van der Waals surface area contributed by atoms with Gasteiger partial charge in [0.2, 0.25) is 0 Å². The predicted molar refractivity (Wildman–Crippen MR) is 67.6 cm³/mol. The summed E-state index contributed by atoms with van der Waals surface area (Å²) >= 11 is 0.140. The summed E-state index contributed by atoms with van der Waals surface area (Å²) in [6.45, 7) is 4.53. The number of hydrogen-bond donors (Lipinski definition) is 0. The molecule has 16 heavy (non-hydrogen) atoms. The fraction of sp³-hybridized carbons (Fsp3) is 0.455. The molecule has 0 bridgehead atoms. The molecule has 0 heterocycles. The van der Waals surface area contributed by atoms with E-state index in [2.05, 4.69) is 0 Å². The van der Waals surface area contributed by atoms with Crippen molar-refractivity contribution in [2.75, 3.05) is 18.3 Å². The summed E-state index contributed by atoms with van der Waals surface area (Å²) in [4.78, 5) is 0. The Labute approximate surface area is 103 Å². The van der Waals surface area contributed by atoms with Gasteiger partial charge in [0.05, 0.1) is 0 Å². The van der Waals surface area contributed by atoms with Gasteiger partial charge in [-0.1, -0.05) is 0 Å². The first-order valence-electron chi connectivity index (χ1n) is 5.26. The van der Waals surface area contributed by atoms with Crippen molar-refractivity contribution in [3.8, 4) is 0 Å². The van der Waals surface area contributed by atoms with Crippen molar-refractivity contribution in [1.82, 2.24) is 0 Å². The Bertz CT molecular complexity index is 332. The molecular weight excluding hydrogens is 290 g/mol. The molecule has 0 atom stereocenters. The van der Waals surface area contributed by atoms with E-state index in [0.29, 0.717) is 18.3 Å². The Morgan fingerprint density at radius 3 is 2.19 bits per heavy atom. The zero-order chi connectivity index (χ0) is 11.9. The molecule has 0 amide bonds. The van der Waals surface area contributed by atoms with E-state index in [0.717, 1.165) is 0 Å². The zero-order valence-corrected chi connectivity index (χ0v) is 12.2. The molecule has 0 aromatic heterocycles. The molecule has 1 aromatic rings. The van der Waals surface area contributed by atoms with Crippen molar-refractivity contribution in [2.45, 2.75) is 13.8 Å². The molecule has 0 fully saturated rings. The van der Waals surface area contributed by atoms with Crippen LogP contribution in [0.2, 0.25) is 0 Å². The zero-order valence-electron chi connectivity index (χ0n) is 9.59.